The second kappa shape index (κ2) is 25.6. The number of ether oxygens (including phenoxy) is 2. The molecule has 8 nitrogen and oxygen atoms in total. The average molecular weight is 566 g/mol. The highest BCUT2D eigenvalue weighted by molar-refractivity contribution is 7.45. The molecule has 0 aliphatic carbocycles. The average Bonchev–Trinajstić information content (AvgIpc) is 2.85. The number of carbonyl (C=O) groups excluding carboxylic acids is 1. The van der Waals surface area contributed by atoms with E-state index in [-0.39, 0.29) is 19.8 Å². The second-order valence-electron chi connectivity index (χ2n) is 11.4. The van der Waals surface area contributed by atoms with Gasteiger partial charge in [-0.05, 0) is 19.3 Å². The SMILES string of the molecule is CCCCCCCCCCCCCCCCOC[C@H](COP(=O)([O-])OCC[N+](C)(C)C)OCCCCC=O. The molecule has 0 aliphatic heterocycles. The fourth-order valence-electron chi connectivity index (χ4n) is 3.98. The van der Waals surface area contributed by atoms with Gasteiger partial charge in [0.2, 0.25) is 0 Å². The van der Waals surface area contributed by atoms with E-state index in [4.69, 9.17) is 18.5 Å². The van der Waals surface area contributed by atoms with Crippen LogP contribution in [0.15, 0.2) is 0 Å². The number of hydrogen-bond donors (Lipinski definition) is 0. The number of nitrogens with zero attached hydrogens (tertiary/aromatic N) is 1. The predicted molar refractivity (Wildman–Crippen MR) is 153 cm³/mol. The molecule has 0 N–H and O–H groups in total. The quantitative estimate of drug-likeness (QED) is 0.0428. The van der Waals surface area contributed by atoms with Crippen molar-refractivity contribution in [2.24, 2.45) is 0 Å². The number of rotatable bonds is 30. The van der Waals surface area contributed by atoms with Gasteiger partial charge in [-0.15, -0.1) is 0 Å². The van der Waals surface area contributed by atoms with Crippen LogP contribution in [0.25, 0.3) is 0 Å². The van der Waals surface area contributed by atoms with Crippen molar-refractivity contribution in [2.75, 3.05) is 60.7 Å². The molecule has 0 aromatic rings. The number of quaternary nitrogens is 1. The molecule has 0 saturated carbocycles. The Morgan fingerprint density at radius 3 is 1.76 bits per heavy atom. The van der Waals surface area contributed by atoms with Crippen molar-refractivity contribution in [2.45, 2.75) is 122 Å². The highest BCUT2D eigenvalue weighted by Crippen LogP contribution is 2.38. The Labute approximate surface area is 234 Å². The molecule has 228 valence electrons. The van der Waals surface area contributed by atoms with Gasteiger partial charge in [-0.3, -0.25) is 4.57 Å². The number of phosphoric ester groups is 1. The van der Waals surface area contributed by atoms with Crippen molar-refractivity contribution in [1.82, 2.24) is 0 Å². The van der Waals surface area contributed by atoms with Gasteiger partial charge in [0.15, 0.2) is 0 Å². The lowest BCUT2D eigenvalue weighted by Crippen LogP contribution is -2.37. The summed E-state index contributed by atoms with van der Waals surface area (Å²) >= 11 is 0. The van der Waals surface area contributed by atoms with Crippen LogP contribution in [-0.2, 0) is 27.9 Å². The lowest BCUT2D eigenvalue weighted by atomic mass is 10.0. The molecule has 0 saturated heterocycles. The minimum atomic E-state index is -4.40. The van der Waals surface area contributed by atoms with Crippen molar-refractivity contribution < 1.29 is 37.3 Å². The molecule has 2 atom stereocenters. The van der Waals surface area contributed by atoms with E-state index in [0.29, 0.717) is 30.7 Å². The maximum Gasteiger partial charge on any atom is 0.268 e. The molecule has 0 aromatic carbocycles. The Morgan fingerprint density at radius 2 is 1.24 bits per heavy atom. The molecule has 38 heavy (non-hydrogen) atoms. The third-order valence-electron chi connectivity index (χ3n) is 6.45. The molecule has 0 rings (SSSR count). The molecular weight excluding hydrogens is 505 g/mol. The van der Waals surface area contributed by atoms with Crippen LogP contribution in [0.3, 0.4) is 0 Å². The molecule has 0 aliphatic rings. The summed E-state index contributed by atoms with van der Waals surface area (Å²) in [7, 11) is 1.49. The number of phosphoric acid groups is 1. The van der Waals surface area contributed by atoms with E-state index < -0.39 is 13.9 Å². The van der Waals surface area contributed by atoms with Gasteiger partial charge >= 0.3 is 0 Å². The normalized spacial score (nSPS) is 14.4. The van der Waals surface area contributed by atoms with E-state index in [1.807, 2.05) is 21.1 Å². The van der Waals surface area contributed by atoms with Gasteiger partial charge in [-0.1, -0.05) is 90.4 Å². The molecule has 0 aromatic heterocycles. The van der Waals surface area contributed by atoms with Crippen LogP contribution in [0.2, 0.25) is 0 Å². The molecular formula is C29H60NO7P. The summed E-state index contributed by atoms with van der Waals surface area (Å²) in [4.78, 5) is 22.6. The second-order valence-corrected chi connectivity index (χ2v) is 12.8. The zero-order chi connectivity index (χ0) is 28.4. The van der Waals surface area contributed by atoms with Crippen LogP contribution in [0.1, 0.15) is 116 Å². The maximum atomic E-state index is 12.1. The molecule has 1 unspecified atom stereocenters. The number of carbonyl (C=O) groups is 1. The van der Waals surface area contributed by atoms with Crippen molar-refractivity contribution in [3.05, 3.63) is 0 Å². The largest absolute Gasteiger partial charge is 0.756 e. The summed E-state index contributed by atoms with van der Waals surface area (Å²) < 4.78 is 34.3. The van der Waals surface area contributed by atoms with Gasteiger partial charge in [0.05, 0.1) is 34.4 Å². The van der Waals surface area contributed by atoms with Gasteiger partial charge in [0, 0.05) is 19.6 Å². The van der Waals surface area contributed by atoms with Crippen molar-refractivity contribution in [1.29, 1.82) is 0 Å². The van der Waals surface area contributed by atoms with E-state index in [1.165, 1.54) is 77.0 Å². The molecule has 0 radical (unpaired) electrons. The van der Waals surface area contributed by atoms with Crippen LogP contribution in [-0.4, -0.2) is 77.6 Å². The molecule has 9 heteroatoms. The van der Waals surface area contributed by atoms with Crippen molar-refractivity contribution in [3.8, 4) is 0 Å². The van der Waals surface area contributed by atoms with Gasteiger partial charge in [-0.25, -0.2) is 0 Å². The third-order valence-corrected chi connectivity index (χ3v) is 7.41. The summed E-state index contributed by atoms with van der Waals surface area (Å²) in [5.41, 5.74) is 0. The first-order chi connectivity index (χ1) is 18.2. The van der Waals surface area contributed by atoms with E-state index >= 15 is 0 Å². The Hall–Kier alpha value is -0.340. The zero-order valence-corrected chi connectivity index (χ0v) is 26.1. The zero-order valence-electron chi connectivity index (χ0n) is 25.2. The molecule has 0 bridgehead atoms. The van der Waals surface area contributed by atoms with Gasteiger partial charge < -0.3 is 32.7 Å². The number of aldehydes is 1. The van der Waals surface area contributed by atoms with E-state index in [9.17, 15) is 14.3 Å². The Bertz CT molecular complexity index is 572. The minimum absolute atomic E-state index is 0.0666. The van der Waals surface area contributed by atoms with Crippen molar-refractivity contribution in [3.63, 3.8) is 0 Å². The minimum Gasteiger partial charge on any atom is -0.756 e. The summed E-state index contributed by atoms with van der Waals surface area (Å²) in [5, 5.41) is 0. The van der Waals surface area contributed by atoms with Crippen LogP contribution in [0.5, 0.6) is 0 Å². The number of likely N-dealkylation sites (N-methyl/N-ethyl adjacent to an activating group) is 1. The molecule has 0 amide bonds. The predicted octanol–water partition coefficient (Wildman–Crippen LogP) is 6.45. The van der Waals surface area contributed by atoms with E-state index in [1.54, 1.807) is 0 Å². The first-order valence-electron chi connectivity index (χ1n) is 15.2. The summed E-state index contributed by atoms with van der Waals surface area (Å²) in [6.45, 7) is 4.06. The monoisotopic (exact) mass is 565 g/mol. The van der Waals surface area contributed by atoms with Gasteiger partial charge in [0.1, 0.15) is 25.5 Å². The highest BCUT2D eigenvalue weighted by atomic mass is 31.2. The summed E-state index contributed by atoms with van der Waals surface area (Å²) in [6, 6.07) is 0. The van der Waals surface area contributed by atoms with Crippen LogP contribution in [0, 0.1) is 0 Å². The van der Waals surface area contributed by atoms with Crippen LogP contribution < -0.4 is 4.89 Å². The first kappa shape index (κ1) is 37.7. The Morgan fingerprint density at radius 1 is 0.711 bits per heavy atom. The first-order valence-corrected chi connectivity index (χ1v) is 16.7. The summed E-state index contributed by atoms with van der Waals surface area (Å²) in [5.74, 6) is 0. The summed E-state index contributed by atoms with van der Waals surface area (Å²) in [6.07, 6.45) is 20.7. The number of hydrogen-bond acceptors (Lipinski definition) is 7. The molecule has 0 spiro atoms. The topological polar surface area (TPSA) is 94.1 Å². The standard InChI is InChI=1S/C29H60NO7P/c1-5-6-7-8-9-10-11-12-13-14-15-16-17-20-24-34-27-29(35-25-21-18-19-23-31)28-37-38(32,33)36-26-22-30(2,3)4/h23,29H,5-22,24-28H2,1-4H3/t29-/m1/s1. The van der Waals surface area contributed by atoms with E-state index in [2.05, 4.69) is 6.92 Å². The smallest absolute Gasteiger partial charge is 0.268 e. The van der Waals surface area contributed by atoms with Crippen molar-refractivity contribution >= 4 is 14.1 Å². The third kappa shape index (κ3) is 28.7. The maximum absolute atomic E-state index is 12.1. The van der Waals surface area contributed by atoms with Gasteiger partial charge in [-0.2, -0.15) is 0 Å². The van der Waals surface area contributed by atoms with Gasteiger partial charge in [0.25, 0.3) is 7.82 Å². The fourth-order valence-corrected chi connectivity index (χ4v) is 4.70. The highest BCUT2D eigenvalue weighted by Gasteiger charge is 2.17. The Balaban J connectivity index is 3.96. The Kier molecular flexibility index (Phi) is 25.4. The fraction of sp³-hybridized carbons (Fsp3) is 0.966. The van der Waals surface area contributed by atoms with Crippen LogP contribution in [0.4, 0.5) is 0 Å². The lowest BCUT2D eigenvalue weighted by Gasteiger charge is -2.28. The van der Waals surface area contributed by atoms with Crippen LogP contribution >= 0.6 is 7.82 Å². The molecule has 0 fully saturated rings. The van der Waals surface area contributed by atoms with E-state index in [0.717, 1.165) is 32.0 Å². The lowest BCUT2D eigenvalue weighted by molar-refractivity contribution is -0.870. The molecule has 0 heterocycles. The number of unbranched alkanes of at least 4 members (excludes halogenated alkanes) is 15.